The van der Waals surface area contributed by atoms with Crippen LogP contribution in [0, 0.1) is 0 Å². The van der Waals surface area contributed by atoms with Gasteiger partial charge in [0.05, 0.1) is 19.0 Å². The summed E-state index contributed by atoms with van der Waals surface area (Å²) in [5.74, 6) is 0.763. The Labute approximate surface area is 183 Å². The van der Waals surface area contributed by atoms with Crippen molar-refractivity contribution in [1.29, 1.82) is 0 Å². The van der Waals surface area contributed by atoms with Gasteiger partial charge in [0.2, 0.25) is 10.0 Å². The smallest absolute Gasteiger partial charge is 0.211 e. The zero-order valence-electron chi connectivity index (χ0n) is 17.2. The first-order chi connectivity index (χ1) is 12.5. The summed E-state index contributed by atoms with van der Waals surface area (Å²) in [4.78, 5) is 4.52. The molecule has 1 saturated carbocycles. The third-order valence-electron chi connectivity index (χ3n) is 4.55. The molecule has 0 unspecified atom stereocenters. The Bertz CT molecular complexity index is 495. The van der Waals surface area contributed by atoms with Gasteiger partial charge in [0.25, 0.3) is 0 Å². The molecule has 9 heteroatoms. The molecule has 0 spiro atoms. The highest BCUT2D eigenvalue weighted by Gasteiger charge is 2.13. The van der Waals surface area contributed by atoms with Crippen molar-refractivity contribution in [1.82, 2.24) is 14.9 Å². The maximum atomic E-state index is 11.6. The zero-order valence-corrected chi connectivity index (χ0v) is 20.4. The Kier molecular flexibility index (Phi) is 15.7. The molecule has 0 aromatic heterocycles. The maximum Gasteiger partial charge on any atom is 0.211 e. The second kappa shape index (κ2) is 15.8. The van der Waals surface area contributed by atoms with E-state index in [1.165, 1.54) is 49.1 Å². The van der Waals surface area contributed by atoms with Crippen molar-refractivity contribution in [3.63, 3.8) is 0 Å². The lowest BCUT2D eigenvalue weighted by atomic mass is 10.1. The topological polar surface area (TPSA) is 83.0 Å². The minimum atomic E-state index is -3.12. The number of sulfonamides is 1. The molecule has 162 valence electrons. The Balaban J connectivity index is 0.00000676. The molecule has 0 amide bonds. The van der Waals surface area contributed by atoms with Crippen LogP contribution in [0.2, 0.25) is 0 Å². The molecule has 1 rings (SSSR count). The zero-order chi connectivity index (χ0) is 19.3. The minimum Gasteiger partial charge on any atom is -0.376 e. The number of nitrogens with one attached hydrogen (secondary N) is 2. The van der Waals surface area contributed by atoms with Crippen LogP contribution in [0.5, 0.6) is 0 Å². The molecule has 1 fully saturated rings. The molecular formula is C18H39IN4O3S. The van der Waals surface area contributed by atoms with Gasteiger partial charge in [-0.25, -0.2) is 12.7 Å². The summed E-state index contributed by atoms with van der Waals surface area (Å²) in [6.07, 6.45) is 9.97. The Hall–Kier alpha value is -0.130. The third-order valence-corrected chi connectivity index (χ3v) is 5.93. The summed E-state index contributed by atoms with van der Waals surface area (Å²) in [6.45, 7) is 7.68. The van der Waals surface area contributed by atoms with Crippen LogP contribution in [0.1, 0.15) is 58.8 Å². The summed E-state index contributed by atoms with van der Waals surface area (Å²) >= 11 is 0. The highest BCUT2D eigenvalue weighted by Crippen LogP contribution is 2.19. The number of aliphatic imine (C=N–C) groups is 1. The molecule has 27 heavy (non-hydrogen) atoms. The van der Waals surface area contributed by atoms with Crippen LogP contribution in [0.25, 0.3) is 0 Å². The largest absolute Gasteiger partial charge is 0.376 e. The Morgan fingerprint density at radius 2 is 1.81 bits per heavy atom. The van der Waals surface area contributed by atoms with Gasteiger partial charge in [0.15, 0.2) is 5.96 Å². The van der Waals surface area contributed by atoms with E-state index in [4.69, 9.17) is 4.74 Å². The van der Waals surface area contributed by atoms with Crippen molar-refractivity contribution in [2.75, 3.05) is 45.6 Å². The van der Waals surface area contributed by atoms with Crippen LogP contribution < -0.4 is 10.6 Å². The second-order valence-electron chi connectivity index (χ2n) is 6.78. The highest BCUT2D eigenvalue weighted by atomic mass is 127. The Morgan fingerprint density at radius 3 is 2.37 bits per heavy atom. The first-order valence-electron chi connectivity index (χ1n) is 10.1. The number of nitrogens with zero attached hydrogens (tertiary/aromatic N) is 2. The van der Waals surface area contributed by atoms with Gasteiger partial charge >= 0.3 is 0 Å². The highest BCUT2D eigenvalue weighted by molar-refractivity contribution is 14.0. The lowest BCUT2D eigenvalue weighted by Gasteiger charge is -2.18. The van der Waals surface area contributed by atoms with E-state index in [2.05, 4.69) is 15.6 Å². The lowest BCUT2D eigenvalue weighted by molar-refractivity contribution is 0.0468. The van der Waals surface area contributed by atoms with E-state index < -0.39 is 10.0 Å². The lowest BCUT2D eigenvalue weighted by Crippen LogP contribution is -2.39. The van der Waals surface area contributed by atoms with Gasteiger partial charge in [0, 0.05) is 32.7 Å². The van der Waals surface area contributed by atoms with Crippen molar-refractivity contribution < 1.29 is 13.2 Å². The van der Waals surface area contributed by atoms with Crippen molar-refractivity contribution >= 4 is 40.0 Å². The van der Waals surface area contributed by atoms with Crippen LogP contribution in [0.4, 0.5) is 0 Å². The molecule has 0 bridgehead atoms. The van der Waals surface area contributed by atoms with Crippen LogP contribution >= 0.6 is 24.0 Å². The number of halogens is 1. The number of hydrogen-bond donors (Lipinski definition) is 2. The normalized spacial score (nSPS) is 16.7. The maximum absolute atomic E-state index is 11.6. The van der Waals surface area contributed by atoms with Crippen LogP contribution in [0.3, 0.4) is 0 Å². The molecule has 0 radical (unpaired) electrons. The fraction of sp³-hybridized carbons (Fsp3) is 0.944. The number of guanidine groups is 1. The summed E-state index contributed by atoms with van der Waals surface area (Å²) in [6, 6.07) is 0. The first kappa shape index (κ1) is 26.9. The summed E-state index contributed by atoms with van der Waals surface area (Å²) < 4.78 is 30.6. The van der Waals surface area contributed by atoms with Gasteiger partial charge in [-0.2, -0.15) is 0 Å². The molecule has 0 aromatic rings. The number of hydrogen-bond acceptors (Lipinski definition) is 4. The molecule has 1 aliphatic rings. The summed E-state index contributed by atoms with van der Waals surface area (Å²) in [7, 11) is -3.12. The predicted octanol–water partition coefficient (Wildman–Crippen LogP) is 2.57. The van der Waals surface area contributed by atoms with Gasteiger partial charge in [-0.3, -0.25) is 4.99 Å². The quantitative estimate of drug-likeness (QED) is 0.145. The molecule has 0 aromatic carbocycles. The average Bonchev–Trinajstić information content (AvgIpc) is 2.86. The average molecular weight is 519 g/mol. The van der Waals surface area contributed by atoms with Gasteiger partial charge in [-0.05, 0) is 26.2 Å². The number of rotatable bonds is 11. The van der Waals surface area contributed by atoms with Crippen molar-refractivity contribution in [3.05, 3.63) is 0 Å². The van der Waals surface area contributed by atoms with Crippen LogP contribution in [-0.4, -0.2) is 70.4 Å². The second-order valence-corrected chi connectivity index (χ2v) is 8.76. The fourth-order valence-corrected chi connectivity index (χ4v) is 4.07. The molecule has 0 saturated heterocycles. The SMILES string of the molecule is CCNC(=NCCCN(CC)S(C)(=O)=O)NCCOC1CCCCCC1.I. The van der Waals surface area contributed by atoms with Gasteiger partial charge < -0.3 is 15.4 Å². The molecule has 1 aliphatic carbocycles. The van der Waals surface area contributed by atoms with E-state index in [0.717, 1.165) is 19.0 Å². The minimum absolute atomic E-state index is 0. The van der Waals surface area contributed by atoms with Crippen molar-refractivity contribution in [2.24, 2.45) is 4.99 Å². The van der Waals surface area contributed by atoms with Gasteiger partial charge in [-0.15, -0.1) is 24.0 Å². The van der Waals surface area contributed by atoms with Crippen molar-refractivity contribution in [2.45, 2.75) is 64.9 Å². The van der Waals surface area contributed by atoms with Crippen molar-refractivity contribution in [3.8, 4) is 0 Å². The molecule has 2 N–H and O–H groups in total. The van der Waals surface area contributed by atoms with E-state index in [9.17, 15) is 8.42 Å². The molecule has 0 heterocycles. The van der Waals surface area contributed by atoms with E-state index in [1.807, 2.05) is 13.8 Å². The van der Waals surface area contributed by atoms with Gasteiger partial charge in [-0.1, -0.05) is 32.6 Å². The number of ether oxygens (including phenoxy) is 1. The van der Waals surface area contributed by atoms with Crippen LogP contribution in [-0.2, 0) is 14.8 Å². The Morgan fingerprint density at radius 1 is 1.15 bits per heavy atom. The molecular weight excluding hydrogens is 479 g/mol. The first-order valence-corrected chi connectivity index (χ1v) is 11.9. The monoisotopic (exact) mass is 518 g/mol. The third kappa shape index (κ3) is 12.8. The molecule has 0 aliphatic heterocycles. The predicted molar refractivity (Wildman–Crippen MR) is 124 cm³/mol. The van der Waals surface area contributed by atoms with E-state index in [-0.39, 0.29) is 24.0 Å². The van der Waals surface area contributed by atoms with E-state index in [1.54, 1.807) is 0 Å². The van der Waals surface area contributed by atoms with E-state index >= 15 is 0 Å². The molecule has 0 atom stereocenters. The molecule has 7 nitrogen and oxygen atoms in total. The standard InChI is InChI=1S/C18H38N4O3S.HI/c1-4-19-18(20-13-10-15-22(5-2)26(3,23)24)21-14-16-25-17-11-8-6-7-9-12-17;/h17H,4-16H2,1-3H3,(H2,19,20,21);1H. The summed E-state index contributed by atoms with van der Waals surface area (Å²) in [5, 5.41) is 6.51. The fourth-order valence-electron chi connectivity index (χ4n) is 3.14. The van der Waals surface area contributed by atoms with Gasteiger partial charge in [0.1, 0.15) is 0 Å². The summed E-state index contributed by atoms with van der Waals surface area (Å²) in [5.41, 5.74) is 0. The van der Waals surface area contributed by atoms with Crippen LogP contribution in [0.15, 0.2) is 4.99 Å². The van der Waals surface area contributed by atoms with E-state index in [0.29, 0.717) is 38.8 Å².